The number of ether oxygens (including phenoxy) is 1. The van der Waals surface area contributed by atoms with Gasteiger partial charge in [-0.05, 0) is 11.6 Å². The number of nitriles is 1. The van der Waals surface area contributed by atoms with Gasteiger partial charge in [0.2, 0.25) is 0 Å². The normalized spacial score (nSPS) is 16.8. The molecule has 2 rings (SSSR count). The molecule has 0 saturated carbocycles. The van der Waals surface area contributed by atoms with Gasteiger partial charge >= 0.3 is 6.09 Å². The highest BCUT2D eigenvalue weighted by atomic mass is 16.5. The molecular weight excluding hydrogens is 228 g/mol. The molecule has 1 unspecified atom stereocenters. The van der Waals surface area contributed by atoms with Crippen LogP contribution >= 0.6 is 0 Å². The quantitative estimate of drug-likeness (QED) is 0.882. The minimum Gasteiger partial charge on any atom is -0.444 e. The molecule has 0 aliphatic heterocycles. The lowest BCUT2D eigenvalue weighted by Crippen LogP contribution is -2.25. The lowest BCUT2D eigenvalue weighted by Gasteiger charge is -2.09. The number of alkyl carbamates (subject to hydrolysis) is 1. The average Bonchev–Trinajstić information content (AvgIpc) is 2.85. The standard InChI is InChI=1S/C14H12N2O2/c15-9-12-7-4-8-13(12)16-14(17)18-10-11-5-2-1-3-6-11/h1-8,12H,10H2,(H,16,17). The van der Waals surface area contributed by atoms with Gasteiger partial charge in [-0.15, -0.1) is 0 Å². The predicted molar refractivity (Wildman–Crippen MR) is 66.1 cm³/mol. The fourth-order valence-corrected chi connectivity index (χ4v) is 1.59. The first-order chi connectivity index (χ1) is 8.79. The van der Waals surface area contributed by atoms with Gasteiger partial charge < -0.3 is 4.74 Å². The average molecular weight is 240 g/mol. The third-order valence-electron chi connectivity index (χ3n) is 2.51. The minimum atomic E-state index is -0.547. The lowest BCUT2D eigenvalue weighted by atomic mass is 10.1. The summed E-state index contributed by atoms with van der Waals surface area (Å²) in [6.45, 7) is 0.213. The molecule has 4 nitrogen and oxygen atoms in total. The third kappa shape index (κ3) is 2.98. The molecule has 90 valence electrons. The molecular formula is C14H12N2O2. The van der Waals surface area contributed by atoms with Gasteiger partial charge in [-0.2, -0.15) is 5.26 Å². The summed E-state index contributed by atoms with van der Waals surface area (Å²) in [5.74, 6) is -0.394. The van der Waals surface area contributed by atoms with E-state index in [4.69, 9.17) is 10.00 Å². The number of benzene rings is 1. The molecule has 18 heavy (non-hydrogen) atoms. The minimum absolute atomic E-state index is 0.213. The Balaban J connectivity index is 1.82. The topological polar surface area (TPSA) is 62.1 Å². The van der Waals surface area contributed by atoms with Gasteiger partial charge in [-0.25, -0.2) is 4.79 Å². The third-order valence-corrected chi connectivity index (χ3v) is 2.51. The van der Waals surface area contributed by atoms with E-state index < -0.39 is 12.0 Å². The first kappa shape index (κ1) is 11.9. The molecule has 1 amide bonds. The van der Waals surface area contributed by atoms with Gasteiger partial charge in [0.1, 0.15) is 12.5 Å². The molecule has 0 radical (unpaired) electrons. The van der Waals surface area contributed by atoms with Crippen molar-refractivity contribution in [3.05, 3.63) is 59.8 Å². The van der Waals surface area contributed by atoms with E-state index in [0.29, 0.717) is 5.70 Å². The Labute approximate surface area is 105 Å². The molecule has 0 aromatic heterocycles. The molecule has 1 N–H and O–H groups in total. The molecule has 0 fully saturated rings. The lowest BCUT2D eigenvalue weighted by molar-refractivity contribution is 0.142. The van der Waals surface area contributed by atoms with Crippen LogP contribution in [0.1, 0.15) is 5.56 Å². The van der Waals surface area contributed by atoms with Gasteiger partial charge in [0, 0.05) is 5.70 Å². The molecule has 1 aromatic rings. The summed E-state index contributed by atoms with van der Waals surface area (Å²) in [6.07, 6.45) is 4.60. The van der Waals surface area contributed by atoms with Crippen molar-refractivity contribution in [1.82, 2.24) is 5.32 Å². The number of nitrogens with zero attached hydrogens (tertiary/aromatic N) is 1. The van der Waals surface area contributed by atoms with Crippen molar-refractivity contribution in [3.63, 3.8) is 0 Å². The number of carbonyl (C=O) groups is 1. The van der Waals surface area contributed by atoms with Crippen LogP contribution in [0, 0.1) is 17.2 Å². The zero-order chi connectivity index (χ0) is 12.8. The van der Waals surface area contributed by atoms with Gasteiger partial charge in [0.05, 0.1) is 6.07 Å². The molecule has 4 heteroatoms. The maximum atomic E-state index is 11.5. The molecule has 1 aliphatic carbocycles. The van der Waals surface area contributed by atoms with Gasteiger partial charge in [-0.3, -0.25) is 5.32 Å². The molecule has 1 aromatic carbocycles. The van der Waals surface area contributed by atoms with Crippen LogP contribution < -0.4 is 5.32 Å². The van der Waals surface area contributed by atoms with Crippen LogP contribution in [0.5, 0.6) is 0 Å². The van der Waals surface area contributed by atoms with E-state index in [-0.39, 0.29) is 6.61 Å². The Hall–Kier alpha value is -2.54. The number of allylic oxidation sites excluding steroid dienone is 3. The summed E-state index contributed by atoms with van der Waals surface area (Å²) in [5, 5.41) is 11.4. The van der Waals surface area contributed by atoms with Crippen molar-refractivity contribution in [2.45, 2.75) is 6.61 Å². The van der Waals surface area contributed by atoms with Crippen molar-refractivity contribution in [2.24, 2.45) is 5.92 Å². The Bertz CT molecular complexity index is 526. The number of amides is 1. The SMILES string of the molecule is N#CC1C=CC=C1NC(=O)OCc1ccccc1. The molecule has 0 spiro atoms. The van der Waals surface area contributed by atoms with E-state index in [1.807, 2.05) is 30.3 Å². The van der Waals surface area contributed by atoms with Crippen molar-refractivity contribution in [3.8, 4) is 6.07 Å². The van der Waals surface area contributed by atoms with Crippen LogP contribution in [0.25, 0.3) is 0 Å². The van der Waals surface area contributed by atoms with Crippen LogP contribution in [0.2, 0.25) is 0 Å². The molecule has 0 heterocycles. The monoisotopic (exact) mass is 240 g/mol. The van der Waals surface area contributed by atoms with Crippen LogP contribution in [0.3, 0.4) is 0 Å². The predicted octanol–water partition coefficient (Wildman–Crippen LogP) is 2.51. The summed E-state index contributed by atoms with van der Waals surface area (Å²) >= 11 is 0. The highest BCUT2D eigenvalue weighted by molar-refractivity contribution is 5.70. The van der Waals surface area contributed by atoms with Gasteiger partial charge in [0.25, 0.3) is 0 Å². The van der Waals surface area contributed by atoms with Crippen molar-refractivity contribution in [2.75, 3.05) is 0 Å². The maximum Gasteiger partial charge on any atom is 0.411 e. The smallest absolute Gasteiger partial charge is 0.411 e. The first-order valence-corrected chi connectivity index (χ1v) is 5.55. The number of hydrogen-bond donors (Lipinski definition) is 1. The second kappa shape index (κ2) is 5.69. The second-order valence-electron chi connectivity index (χ2n) is 3.80. The molecule has 0 bridgehead atoms. The van der Waals surface area contributed by atoms with Gasteiger partial charge in [-0.1, -0.05) is 42.5 Å². The van der Waals surface area contributed by atoms with Crippen molar-refractivity contribution in [1.29, 1.82) is 5.26 Å². The van der Waals surface area contributed by atoms with E-state index in [1.54, 1.807) is 18.2 Å². The highest BCUT2D eigenvalue weighted by Gasteiger charge is 2.16. The van der Waals surface area contributed by atoms with Crippen LogP contribution in [0.15, 0.2) is 54.3 Å². The fourth-order valence-electron chi connectivity index (χ4n) is 1.59. The highest BCUT2D eigenvalue weighted by Crippen LogP contribution is 2.15. The van der Waals surface area contributed by atoms with Crippen LogP contribution in [0.4, 0.5) is 4.79 Å². The number of rotatable bonds is 3. The summed E-state index contributed by atoms with van der Waals surface area (Å²) in [5.41, 5.74) is 1.47. The maximum absolute atomic E-state index is 11.5. The number of nitrogens with one attached hydrogen (secondary N) is 1. The molecule has 1 aliphatic rings. The molecule has 0 saturated heterocycles. The Morgan fingerprint density at radius 2 is 2.17 bits per heavy atom. The Morgan fingerprint density at radius 1 is 1.39 bits per heavy atom. The Kier molecular flexibility index (Phi) is 3.77. The Morgan fingerprint density at radius 3 is 2.89 bits per heavy atom. The second-order valence-corrected chi connectivity index (χ2v) is 3.80. The van der Waals surface area contributed by atoms with Crippen LogP contribution in [-0.4, -0.2) is 6.09 Å². The van der Waals surface area contributed by atoms with E-state index in [0.717, 1.165) is 5.56 Å². The summed E-state index contributed by atoms with van der Waals surface area (Å²) in [4.78, 5) is 11.5. The number of hydrogen-bond acceptors (Lipinski definition) is 3. The first-order valence-electron chi connectivity index (χ1n) is 5.55. The van der Waals surface area contributed by atoms with E-state index >= 15 is 0 Å². The zero-order valence-electron chi connectivity index (χ0n) is 9.67. The fraction of sp³-hybridized carbons (Fsp3) is 0.143. The van der Waals surface area contributed by atoms with Crippen LogP contribution in [-0.2, 0) is 11.3 Å². The summed E-state index contributed by atoms with van der Waals surface area (Å²) in [6, 6.07) is 11.5. The van der Waals surface area contributed by atoms with E-state index in [9.17, 15) is 4.79 Å². The van der Waals surface area contributed by atoms with Gasteiger partial charge in [0.15, 0.2) is 0 Å². The van der Waals surface area contributed by atoms with Crippen molar-refractivity contribution >= 4 is 6.09 Å². The summed E-state index contributed by atoms with van der Waals surface area (Å²) in [7, 11) is 0. The molecule has 1 atom stereocenters. The largest absolute Gasteiger partial charge is 0.444 e. The zero-order valence-corrected chi connectivity index (χ0v) is 9.67. The number of carbonyl (C=O) groups excluding carboxylic acids is 1. The van der Waals surface area contributed by atoms with E-state index in [2.05, 4.69) is 11.4 Å². The summed E-state index contributed by atoms with van der Waals surface area (Å²) < 4.78 is 5.05. The van der Waals surface area contributed by atoms with E-state index in [1.165, 1.54) is 0 Å². The van der Waals surface area contributed by atoms with Crippen molar-refractivity contribution < 1.29 is 9.53 Å².